The van der Waals surface area contributed by atoms with Crippen molar-refractivity contribution in [3.05, 3.63) is 29.3 Å². The topological polar surface area (TPSA) is 49.7 Å². The van der Waals surface area contributed by atoms with E-state index in [1.165, 1.54) is 0 Å². The lowest BCUT2D eigenvalue weighted by molar-refractivity contribution is -0.0134. The van der Waals surface area contributed by atoms with Gasteiger partial charge in [-0.05, 0) is 30.5 Å². The van der Waals surface area contributed by atoms with Crippen molar-refractivity contribution in [1.82, 2.24) is 0 Å². The van der Waals surface area contributed by atoms with Gasteiger partial charge in [0.1, 0.15) is 6.61 Å². The van der Waals surface area contributed by atoms with Crippen LogP contribution in [0, 0.1) is 11.6 Å². The monoisotopic (exact) mass is 260 g/mol. The smallest absolute Gasteiger partial charge is 0.190 e. The van der Waals surface area contributed by atoms with Crippen molar-refractivity contribution in [2.24, 2.45) is 0 Å². The molecule has 0 heterocycles. The van der Waals surface area contributed by atoms with Gasteiger partial charge in [0.2, 0.25) is 0 Å². The van der Waals surface area contributed by atoms with Gasteiger partial charge >= 0.3 is 0 Å². The molecular formula is C13H18F2O3. The molecule has 0 unspecified atom stereocenters. The average molecular weight is 260 g/mol. The molecule has 102 valence electrons. The molecule has 0 saturated carbocycles. The molecule has 0 aromatic heterocycles. The number of benzene rings is 1. The van der Waals surface area contributed by atoms with Crippen LogP contribution in [0.5, 0.6) is 5.75 Å². The van der Waals surface area contributed by atoms with E-state index >= 15 is 0 Å². The first-order valence-corrected chi connectivity index (χ1v) is 5.89. The van der Waals surface area contributed by atoms with E-state index in [4.69, 9.17) is 9.84 Å². The van der Waals surface area contributed by atoms with E-state index in [2.05, 4.69) is 0 Å². The standard InChI is InChI=1S/C13H18F2O3/c1-3-13(17,4-2)8-18-12-10(14)5-9(7-16)6-11(12)15/h5-6,16-17H,3-4,7-8H2,1-2H3. The van der Waals surface area contributed by atoms with Gasteiger partial charge in [-0.1, -0.05) is 13.8 Å². The molecule has 18 heavy (non-hydrogen) atoms. The van der Waals surface area contributed by atoms with Crippen molar-refractivity contribution in [2.75, 3.05) is 6.61 Å². The van der Waals surface area contributed by atoms with Crippen molar-refractivity contribution >= 4 is 0 Å². The van der Waals surface area contributed by atoms with Crippen LogP contribution in [0.15, 0.2) is 12.1 Å². The van der Waals surface area contributed by atoms with Gasteiger partial charge in [0.05, 0.1) is 12.2 Å². The van der Waals surface area contributed by atoms with Crippen LogP contribution in [0.2, 0.25) is 0 Å². The van der Waals surface area contributed by atoms with E-state index < -0.39 is 29.6 Å². The van der Waals surface area contributed by atoms with Gasteiger partial charge in [-0.2, -0.15) is 0 Å². The fourth-order valence-corrected chi connectivity index (χ4v) is 1.50. The fourth-order valence-electron chi connectivity index (χ4n) is 1.50. The van der Waals surface area contributed by atoms with Crippen LogP contribution in [-0.4, -0.2) is 22.4 Å². The van der Waals surface area contributed by atoms with E-state index in [0.29, 0.717) is 12.8 Å². The summed E-state index contributed by atoms with van der Waals surface area (Å²) < 4.78 is 32.1. The molecule has 0 aliphatic heterocycles. The first-order valence-electron chi connectivity index (χ1n) is 5.89. The molecule has 0 radical (unpaired) electrons. The maximum atomic E-state index is 13.5. The molecule has 0 atom stereocenters. The third-order valence-corrected chi connectivity index (χ3v) is 3.04. The van der Waals surface area contributed by atoms with Gasteiger partial charge in [-0.15, -0.1) is 0 Å². The summed E-state index contributed by atoms with van der Waals surface area (Å²) in [5.41, 5.74) is -0.951. The van der Waals surface area contributed by atoms with Gasteiger partial charge < -0.3 is 14.9 Å². The summed E-state index contributed by atoms with van der Waals surface area (Å²) in [6, 6.07) is 2.02. The molecule has 1 aromatic carbocycles. The molecule has 1 rings (SSSR count). The van der Waals surface area contributed by atoms with E-state index in [1.54, 1.807) is 13.8 Å². The summed E-state index contributed by atoms with van der Waals surface area (Å²) in [6.07, 6.45) is 0.864. The normalized spacial score (nSPS) is 11.7. The van der Waals surface area contributed by atoms with Gasteiger partial charge in [-0.3, -0.25) is 0 Å². The Bertz CT molecular complexity index is 380. The van der Waals surface area contributed by atoms with Gasteiger partial charge in [0, 0.05) is 0 Å². The minimum atomic E-state index is -1.09. The summed E-state index contributed by atoms with van der Waals surface area (Å²) in [5, 5.41) is 18.8. The Kier molecular flexibility index (Phi) is 5.04. The predicted molar refractivity (Wildman–Crippen MR) is 63.3 cm³/mol. The van der Waals surface area contributed by atoms with Crippen LogP contribution >= 0.6 is 0 Å². The Morgan fingerprint density at radius 1 is 1.17 bits per heavy atom. The number of halogens is 2. The van der Waals surface area contributed by atoms with Crippen LogP contribution < -0.4 is 4.74 Å². The highest BCUT2D eigenvalue weighted by Crippen LogP contribution is 2.25. The van der Waals surface area contributed by atoms with Crippen molar-refractivity contribution < 1.29 is 23.7 Å². The largest absolute Gasteiger partial charge is 0.485 e. The third kappa shape index (κ3) is 3.40. The zero-order valence-corrected chi connectivity index (χ0v) is 10.5. The Labute approximate surface area is 105 Å². The summed E-state index contributed by atoms with van der Waals surface area (Å²) in [7, 11) is 0. The average Bonchev–Trinajstić information content (AvgIpc) is 2.37. The molecule has 0 bridgehead atoms. The van der Waals surface area contributed by atoms with E-state index in [0.717, 1.165) is 12.1 Å². The second-order valence-corrected chi connectivity index (χ2v) is 4.27. The highest BCUT2D eigenvalue weighted by molar-refractivity contribution is 5.31. The fraction of sp³-hybridized carbons (Fsp3) is 0.538. The highest BCUT2D eigenvalue weighted by atomic mass is 19.1. The number of hydrogen-bond donors (Lipinski definition) is 2. The quantitative estimate of drug-likeness (QED) is 0.825. The summed E-state index contributed by atoms with van der Waals surface area (Å²) in [4.78, 5) is 0. The van der Waals surface area contributed by atoms with E-state index in [9.17, 15) is 13.9 Å². The maximum Gasteiger partial charge on any atom is 0.190 e. The molecule has 2 N–H and O–H groups in total. The van der Waals surface area contributed by atoms with Gasteiger partial charge in [0.25, 0.3) is 0 Å². The molecule has 0 saturated heterocycles. The number of aliphatic hydroxyl groups is 2. The molecule has 0 aliphatic carbocycles. The first-order chi connectivity index (χ1) is 8.45. The summed E-state index contributed by atoms with van der Waals surface area (Å²) in [6.45, 7) is 2.93. The summed E-state index contributed by atoms with van der Waals surface area (Å²) in [5.74, 6) is -2.28. The van der Waals surface area contributed by atoms with Crippen LogP contribution in [0.3, 0.4) is 0 Å². The Balaban J connectivity index is 2.85. The zero-order chi connectivity index (χ0) is 13.8. The van der Waals surface area contributed by atoms with Crippen LogP contribution in [0.4, 0.5) is 8.78 Å². The van der Waals surface area contributed by atoms with Crippen LogP contribution in [-0.2, 0) is 6.61 Å². The van der Waals surface area contributed by atoms with Crippen molar-refractivity contribution in [1.29, 1.82) is 0 Å². The van der Waals surface area contributed by atoms with Crippen LogP contribution in [0.1, 0.15) is 32.3 Å². The molecule has 5 heteroatoms. The summed E-state index contributed by atoms with van der Waals surface area (Å²) >= 11 is 0. The molecule has 0 amide bonds. The minimum absolute atomic E-state index is 0.138. The van der Waals surface area contributed by atoms with Crippen molar-refractivity contribution in [3.63, 3.8) is 0 Å². The maximum absolute atomic E-state index is 13.5. The second-order valence-electron chi connectivity index (χ2n) is 4.27. The molecule has 1 aromatic rings. The number of ether oxygens (including phenoxy) is 1. The van der Waals surface area contributed by atoms with Crippen LogP contribution in [0.25, 0.3) is 0 Å². The zero-order valence-electron chi connectivity index (χ0n) is 10.5. The molecule has 0 spiro atoms. The minimum Gasteiger partial charge on any atom is -0.485 e. The second kappa shape index (κ2) is 6.11. The molecular weight excluding hydrogens is 242 g/mol. The van der Waals surface area contributed by atoms with E-state index in [1.807, 2.05) is 0 Å². The number of aliphatic hydroxyl groups excluding tert-OH is 1. The lowest BCUT2D eigenvalue weighted by Crippen LogP contribution is -2.34. The van der Waals surface area contributed by atoms with Crippen molar-refractivity contribution in [3.8, 4) is 5.75 Å². The molecule has 3 nitrogen and oxygen atoms in total. The number of rotatable bonds is 6. The number of hydrogen-bond acceptors (Lipinski definition) is 3. The lowest BCUT2D eigenvalue weighted by Gasteiger charge is -2.25. The Hall–Kier alpha value is -1.20. The molecule has 0 aliphatic rings. The third-order valence-electron chi connectivity index (χ3n) is 3.04. The van der Waals surface area contributed by atoms with E-state index in [-0.39, 0.29) is 12.2 Å². The Morgan fingerprint density at radius 2 is 1.67 bits per heavy atom. The van der Waals surface area contributed by atoms with Crippen molar-refractivity contribution in [2.45, 2.75) is 38.9 Å². The molecule has 0 fully saturated rings. The highest BCUT2D eigenvalue weighted by Gasteiger charge is 2.24. The SMILES string of the molecule is CCC(O)(CC)COc1c(F)cc(CO)cc1F. The Morgan fingerprint density at radius 3 is 2.06 bits per heavy atom. The lowest BCUT2D eigenvalue weighted by atomic mass is 9.99. The first kappa shape index (κ1) is 14.9. The predicted octanol–water partition coefficient (Wildman–Crippen LogP) is 2.39. The van der Waals surface area contributed by atoms with Gasteiger partial charge in [0.15, 0.2) is 17.4 Å². The van der Waals surface area contributed by atoms with Gasteiger partial charge in [-0.25, -0.2) is 8.78 Å².